The average Bonchev–Trinajstić information content (AvgIpc) is 2.32. The van der Waals surface area contributed by atoms with E-state index in [1.807, 2.05) is 4.90 Å². The predicted molar refractivity (Wildman–Crippen MR) is 63.4 cm³/mol. The second-order valence-corrected chi connectivity index (χ2v) is 4.22. The normalized spacial score (nSPS) is 15.1. The molecule has 1 saturated heterocycles. The Morgan fingerprint density at radius 3 is 2.67 bits per heavy atom. The van der Waals surface area contributed by atoms with Crippen molar-refractivity contribution >= 4 is 17.7 Å². The Morgan fingerprint density at radius 1 is 1.44 bits per heavy atom. The summed E-state index contributed by atoms with van der Waals surface area (Å²) < 4.78 is 0. The zero-order chi connectivity index (χ0) is 13.1. The van der Waals surface area contributed by atoms with Crippen molar-refractivity contribution in [2.24, 2.45) is 5.92 Å². The van der Waals surface area contributed by atoms with Crippen molar-refractivity contribution < 1.29 is 14.7 Å². The lowest BCUT2D eigenvalue weighted by molar-refractivity contribution is -0.138. The number of rotatable bonds is 4. The first-order valence-corrected chi connectivity index (χ1v) is 5.62. The minimum absolute atomic E-state index is 0.169. The maximum absolute atomic E-state index is 11.3. The van der Waals surface area contributed by atoms with Gasteiger partial charge in [0, 0.05) is 26.1 Å². The van der Waals surface area contributed by atoms with Crippen molar-refractivity contribution in [3.63, 3.8) is 0 Å². The van der Waals surface area contributed by atoms with E-state index in [1.54, 1.807) is 12.1 Å². The third-order valence-corrected chi connectivity index (χ3v) is 2.85. The van der Waals surface area contributed by atoms with Gasteiger partial charge in [0.15, 0.2) is 11.5 Å². The molecule has 1 aromatic rings. The Kier molecular flexibility index (Phi) is 3.40. The number of hydrogen-bond donors (Lipinski definition) is 2. The Balaban J connectivity index is 1.92. The van der Waals surface area contributed by atoms with E-state index < -0.39 is 5.97 Å². The van der Waals surface area contributed by atoms with Gasteiger partial charge >= 0.3 is 5.97 Å². The number of aliphatic carboxylic acids is 1. The second kappa shape index (κ2) is 4.99. The highest BCUT2D eigenvalue weighted by Gasteiger charge is 2.29. The highest BCUT2D eigenvalue weighted by Crippen LogP contribution is 2.24. The number of amides is 1. The molecule has 1 amide bonds. The number of nitrogens with zero attached hydrogens (tertiary/aromatic N) is 3. The fourth-order valence-corrected chi connectivity index (χ4v) is 1.88. The van der Waals surface area contributed by atoms with Crippen LogP contribution in [0.25, 0.3) is 0 Å². The Hall–Kier alpha value is -2.18. The first kappa shape index (κ1) is 12.3. The van der Waals surface area contributed by atoms with E-state index in [1.165, 1.54) is 7.05 Å². The van der Waals surface area contributed by atoms with Crippen LogP contribution in [0.1, 0.15) is 16.9 Å². The van der Waals surface area contributed by atoms with Crippen molar-refractivity contribution in [2.75, 3.05) is 25.0 Å². The Bertz CT molecular complexity index is 454. The lowest BCUT2D eigenvalue weighted by Gasteiger charge is -2.39. The van der Waals surface area contributed by atoms with Gasteiger partial charge in [-0.3, -0.25) is 9.59 Å². The van der Waals surface area contributed by atoms with E-state index in [9.17, 15) is 9.59 Å². The molecule has 7 nitrogen and oxygen atoms in total. The van der Waals surface area contributed by atoms with E-state index >= 15 is 0 Å². The number of nitrogens with one attached hydrogen (secondary N) is 1. The molecule has 1 fully saturated rings. The maximum Gasteiger partial charge on any atom is 0.303 e. The van der Waals surface area contributed by atoms with Crippen LogP contribution in [0.15, 0.2) is 12.1 Å². The fraction of sp³-hybridized carbons (Fsp3) is 0.455. The number of anilines is 1. The first-order valence-electron chi connectivity index (χ1n) is 5.62. The molecular formula is C11H14N4O3. The summed E-state index contributed by atoms with van der Waals surface area (Å²) in [6.45, 7) is 1.33. The summed E-state index contributed by atoms with van der Waals surface area (Å²) >= 11 is 0. The van der Waals surface area contributed by atoms with E-state index in [4.69, 9.17) is 5.11 Å². The number of carbonyl (C=O) groups is 2. The van der Waals surface area contributed by atoms with Crippen LogP contribution in [-0.4, -0.2) is 47.3 Å². The van der Waals surface area contributed by atoms with Gasteiger partial charge in [-0.05, 0) is 12.1 Å². The van der Waals surface area contributed by atoms with Crippen LogP contribution in [0.3, 0.4) is 0 Å². The number of aromatic nitrogens is 2. The second-order valence-electron chi connectivity index (χ2n) is 4.22. The molecule has 0 bridgehead atoms. The van der Waals surface area contributed by atoms with Gasteiger partial charge in [0.25, 0.3) is 5.91 Å². The molecule has 96 valence electrons. The van der Waals surface area contributed by atoms with E-state index in [0.717, 1.165) is 0 Å². The molecule has 7 heteroatoms. The molecule has 0 aliphatic carbocycles. The summed E-state index contributed by atoms with van der Waals surface area (Å²) in [7, 11) is 1.53. The molecule has 1 aliphatic rings. The van der Waals surface area contributed by atoms with Crippen molar-refractivity contribution in [3.05, 3.63) is 17.8 Å². The molecule has 18 heavy (non-hydrogen) atoms. The summed E-state index contributed by atoms with van der Waals surface area (Å²) in [4.78, 5) is 23.7. The highest BCUT2D eigenvalue weighted by atomic mass is 16.4. The molecule has 0 aromatic carbocycles. The van der Waals surface area contributed by atoms with Gasteiger partial charge in [0.2, 0.25) is 0 Å². The minimum atomic E-state index is -0.777. The third kappa shape index (κ3) is 2.55. The zero-order valence-corrected chi connectivity index (χ0v) is 9.96. The molecule has 0 unspecified atom stereocenters. The van der Waals surface area contributed by atoms with Crippen LogP contribution in [0, 0.1) is 5.92 Å². The standard InChI is InChI=1S/C11H14N4O3/c1-12-11(18)8-2-3-9(14-13-8)15-5-7(6-15)4-10(16)17/h2-3,7H,4-6H2,1H3,(H,12,18)(H,16,17). The average molecular weight is 250 g/mol. The van der Waals surface area contributed by atoms with Gasteiger partial charge in [-0.15, -0.1) is 10.2 Å². The van der Waals surface area contributed by atoms with Crippen molar-refractivity contribution in [3.8, 4) is 0 Å². The predicted octanol–water partition coefficient (Wildman–Crippen LogP) is -0.253. The van der Waals surface area contributed by atoms with Crippen molar-refractivity contribution in [1.29, 1.82) is 0 Å². The van der Waals surface area contributed by atoms with Crippen LogP contribution in [0.4, 0.5) is 5.82 Å². The fourth-order valence-electron chi connectivity index (χ4n) is 1.88. The van der Waals surface area contributed by atoms with Gasteiger partial charge in [0.1, 0.15) is 0 Å². The van der Waals surface area contributed by atoms with Crippen LogP contribution in [-0.2, 0) is 4.79 Å². The number of hydrogen-bond acceptors (Lipinski definition) is 5. The summed E-state index contributed by atoms with van der Waals surface area (Å²) in [5.74, 6) is -0.214. The zero-order valence-electron chi connectivity index (χ0n) is 9.96. The van der Waals surface area contributed by atoms with Gasteiger partial charge in [-0.25, -0.2) is 0 Å². The molecule has 0 radical (unpaired) electrons. The molecule has 0 saturated carbocycles. The summed E-state index contributed by atoms with van der Waals surface area (Å²) in [5.41, 5.74) is 0.267. The van der Waals surface area contributed by atoms with Crippen LogP contribution in [0.2, 0.25) is 0 Å². The van der Waals surface area contributed by atoms with Gasteiger partial charge in [0.05, 0.1) is 6.42 Å². The largest absolute Gasteiger partial charge is 0.481 e. The minimum Gasteiger partial charge on any atom is -0.481 e. The topological polar surface area (TPSA) is 95.4 Å². The molecule has 2 heterocycles. The van der Waals surface area contributed by atoms with Crippen molar-refractivity contribution in [2.45, 2.75) is 6.42 Å². The van der Waals surface area contributed by atoms with Gasteiger partial charge in [-0.2, -0.15) is 0 Å². The number of carboxylic acid groups (broad SMARTS) is 1. The summed E-state index contributed by atoms with van der Waals surface area (Å²) in [5, 5.41) is 18.9. The smallest absolute Gasteiger partial charge is 0.303 e. The summed E-state index contributed by atoms with van der Waals surface area (Å²) in [6.07, 6.45) is 0.181. The van der Waals surface area contributed by atoms with Crippen LogP contribution >= 0.6 is 0 Å². The quantitative estimate of drug-likeness (QED) is 0.765. The van der Waals surface area contributed by atoms with E-state index in [2.05, 4.69) is 15.5 Å². The maximum atomic E-state index is 11.3. The molecule has 1 aromatic heterocycles. The highest BCUT2D eigenvalue weighted by molar-refractivity contribution is 5.91. The van der Waals surface area contributed by atoms with Crippen LogP contribution in [0.5, 0.6) is 0 Å². The third-order valence-electron chi connectivity index (χ3n) is 2.85. The van der Waals surface area contributed by atoms with Gasteiger partial charge < -0.3 is 15.3 Å². The number of carboxylic acids is 1. The van der Waals surface area contributed by atoms with Crippen LogP contribution < -0.4 is 10.2 Å². The monoisotopic (exact) mass is 250 g/mol. The molecule has 0 atom stereocenters. The van der Waals surface area contributed by atoms with Crippen molar-refractivity contribution in [1.82, 2.24) is 15.5 Å². The van der Waals surface area contributed by atoms with E-state index in [0.29, 0.717) is 18.9 Å². The van der Waals surface area contributed by atoms with E-state index in [-0.39, 0.29) is 23.9 Å². The summed E-state index contributed by atoms with van der Waals surface area (Å²) in [6, 6.07) is 3.32. The first-order chi connectivity index (χ1) is 8.60. The van der Waals surface area contributed by atoms with Gasteiger partial charge in [-0.1, -0.05) is 0 Å². The lowest BCUT2D eigenvalue weighted by Crippen LogP contribution is -2.48. The SMILES string of the molecule is CNC(=O)c1ccc(N2CC(CC(=O)O)C2)nn1. The lowest BCUT2D eigenvalue weighted by atomic mass is 9.96. The molecule has 2 rings (SSSR count). The number of carbonyl (C=O) groups excluding carboxylic acids is 1. The molecule has 1 aliphatic heterocycles. The Morgan fingerprint density at radius 2 is 2.17 bits per heavy atom. The molecular weight excluding hydrogens is 236 g/mol. The molecule has 0 spiro atoms. The molecule has 2 N–H and O–H groups in total. The Labute approximate surface area is 104 Å².